The summed E-state index contributed by atoms with van der Waals surface area (Å²) in [6, 6.07) is 14.2. The number of amides is 1. The van der Waals surface area contributed by atoms with Crippen molar-refractivity contribution in [2.45, 2.75) is 6.04 Å². The average Bonchev–Trinajstić information content (AvgIpc) is 2.63. The van der Waals surface area contributed by atoms with Gasteiger partial charge in [0.25, 0.3) is 5.91 Å². The first-order chi connectivity index (χ1) is 12.5. The molecule has 1 aliphatic heterocycles. The van der Waals surface area contributed by atoms with Gasteiger partial charge in [-0.3, -0.25) is 9.69 Å². The van der Waals surface area contributed by atoms with Crippen LogP contribution in [0.25, 0.3) is 0 Å². The van der Waals surface area contributed by atoms with Crippen LogP contribution in [0.2, 0.25) is 0 Å². The highest BCUT2D eigenvalue weighted by Gasteiger charge is 2.22. The first-order valence-corrected chi connectivity index (χ1v) is 9.82. The maximum Gasteiger partial charge on any atom is 0.252 e. The van der Waals surface area contributed by atoms with E-state index in [4.69, 9.17) is 0 Å². The molecular formula is C20H23FIN3O. The monoisotopic (exact) mass is 467 g/mol. The fraction of sp³-hybridized carbons (Fsp3) is 0.350. The lowest BCUT2D eigenvalue weighted by Gasteiger charge is -2.35. The summed E-state index contributed by atoms with van der Waals surface area (Å²) in [5.41, 5.74) is 1.59. The standard InChI is InChI=1S/C20H23FIN3O/c1-24-9-11-25(12-10-24)14-19(15-5-3-2-4-6-15)23-20(26)17-8-7-16(21)13-18(17)22/h2-8,13,19H,9-12,14H2,1H3,(H,23,26). The summed E-state index contributed by atoms with van der Waals surface area (Å²) in [6.45, 7) is 4.81. The highest BCUT2D eigenvalue weighted by Crippen LogP contribution is 2.19. The van der Waals surface area contributed by atoms with Gasteiger partial charge in [0.05, 0.1) is 11.6 Å². The zero-order valence-corrected chi connectivity index (χ0v) is 16.9. The Morgan fingerprint density at radius 3 is 2.50 bits per heavy atom. The molecule has 1 N–H and O–H groups in total. The van der Waals surface area contributed by atoms with Gasteiger partial charge in [0.15, 0.2) is 0 Å². The van der Waals surface area contributed by atoms with Gasteiger partial charge in [-0.05, 0) is 53.4 Å². The quantitative estimate of drug-likeness (QED) is 0.687. The normalized spacial score (nSPS) is 17.0. The topological polar surface area (TPSA) is 35.6 Å². The van der Waals surface area contributed by atoms with Crippen LogP contribution < -0.4 is 5.32 Å². The molecule has 0 aliphatic carbocycles. The summed E-state index contributed by atoms with van der Waals surface area (Å²) in [6.07, 6.45) is 0. The second kappa shape index (κ2) is 8.92. The Labute approximate surface area is 167 Å². The van der Waals surface area contributed by atoms with Crippen molar-refractivity contribution in [1.82, 2.24) is 15.1 Å². The van der Waals surface area contributed by atoms with Crippen LogP contribution in [-0.2, 0) is 0 Å². The van der Waals surface area contributed by atoms with Gasteiger partial charge in [-0.2, -0.15) is 0 Å². The van der Waals surface area contributed by atoms with E-state index in [2.05, 4.69) is 22.2 Å². The number of nitrogens with one attached hydrogen (secondary N) is 1. The largest absolute Gasteiger partial charge is 0.344 e. The number of carbonyl (C=O) groups is 1. The van der Waals surface area contributed by atoms with Crippen molar-refractivity contribution in [1.29, 1.82) is 0 Å². The zero-order chi connectivity index (χ0) is 18.5. The van der Waals surface area contributed by atoms with Gasteiger partial charge < -0.3 is 10.2 Å². The molecule has 138 valence electrons. The van der Waals surface area contributed by atoms with Crippen molar-refractivity contribution in [3.05, 3.63) is 69.0 Å². The molecule has 1 aliphatic rings. The Hall–Kier alpha value is -1.51. The zero-order valence-electron chi connectivity index (χ0n) is 14.8. The third-order valence-electron chi connectivity index (χ3n) is 4.72. The van der Waals surface area contributed by atoms with Crippen LogP contribution >= 0.6 is 22.6 Å². The van der Waals surface area contributed by atoms with E-state index in [9.17, 15) is 9.18 Å². The molecule has 26 heavy (non-hydrogen) atoms. The number of hydrogen-bond donors (Lipinski definition) is 1. The Balaban J connectivity index is 1.76. The van der Waals surface area contributed by atoms with Crippen LogP contribution in [0.3, 0.4) is 0 Å². The van der Waals surface area contributed by atoms with Gasteiger partial charge in [0.2, 0.25) is 0 Å². The van der Waals surface area contributed by atoms with Crippen molar-refractivity contribution in [3.8, 4) is 0 Å². The number of halogens is 2. The second-order valence-electron chi connectivity index (χ2n) is 6.66. The molecule has 0 spiro atoms. The molecule has 1 unspecified atom stereocenters. The van der Waals surface area contributed by atoms with E-state index in [-0.39, 0.29) is 17.8 Å². The van der Waals surface area contributed by atoms with Crippen LogP contribution in [0.15, 0.2) is 48.5 Å². The third-order valence-corrected chi connectivity index (χ3v) is 5.61. The van der Waals surface area contributed by atoms with E-state index in [0.29, 0.717) is 9.13 Å². The lowest BCUT2D eigenvalue weighted by molar-refractivity contribution is 0.0906. The Bertz CT molecular complexity index is 748. The van der Waals surface area contributed by atoms with Crippen molar-refractivity contribution in [2.75, 3.05) is 39.8 Å². The summed E-state index contributed by atoms with van der Waals surface area (Å²) >= 11 is 2.00. The molecule has 1 amide bonds. The maximum absolute atomic E-state index is 13.3. The predicted molar refractivity (Wildman–Crippen MR) is 110 cm³/mol. The number of benzene rings is 2. The van der Waals surface area contributed by atoms with Crippen molar-refractivity contribution in [3.63, 3.8) is 0 Å². The first-order valence-electron chi connectivity index (χ1n) is 8.74. The Morgan fingerprint density at radius 2 is 1.85 bits per heavy atom. The minimum atomic E-state index is -0.331. The molecule has 2 aromatic carbocycles. The van der Waals surface area contributed by atoms with Crippen LogP contribution in [0.4, 0.5) is 4.39 Å². The first kappa shape index (κ1) is 19.3. The Kier molecular flexibility index (Phi) is 6.61. The van der Waals surface area contributed by atoms with Crippen LogP contribution in [-0.4, -0.2) is 55.5 Å². The van der Waals surface area contributed by atoms with E-state index in [0.717, 1.165) is 38.3 Å². The molecule has 0 saturated carbocycles. The van der Waals surface area contributed by atoms with E-state index < -0.39 is 0 Å². The number of nitrogens with zero attached hydrogens (tertiary/aromatic N) is 2. The highest BCUT2D eigenvalue weighted by molar-refractivity contribution is 14.1. The van der Waals surface area contributed by atoms with Crippen LogP contribution in [0.5, 0.6) is 0 Å². The molecule has 1 heterocycles. The highest BCUT2D eigenvalue weighted by atomic mass is 127. The number of carbonyl (C=O) groups excluding carboxylic acids is 1. The molecular weight excluding hydrogens is 444 g/mol. The van der Waals surface area contributed by atoms with Gasteiger partial charge >= 0.3 is 0 Å². The average molecular weight is 467 g/mol. The van der Waals surface area contributed by atoms with Gasteiger partial charge in [-0.25, -0.2) is 4.39 Å². The smallest absolute Gasteiger partial charge is 0.252 e. The SMILES string of the molecule is CN1CCN(CC(NC(=O)c2ccc(F)cc2I)c2ccccc2)CC1. The van der Waals surface area contributed by atoms with Crippen LogP contribution in [0.1, 0.15) is 22.0 Å². The molecule has 1 fully saturated rings. The van der Waals surface area contributed by atoms with Crippen molar-refractivity contribution in [2.24, 2.45) is 0 Å². The lowest BCUT2D eigenvalue weighted by Crippen LogP contribution is -2.47. The third kappa shape index (κ3) is 5.02. The number of rotatable bonds is 5. The van der Waals surface area contributed by atoms with Gasteiger partial charge in [-0.15, -0.1) is 0 Å². The van der Waals surface area contributed by atoms with E-state index >= 15 is 0 Å². The summed E-state index contributed by atoms with van der Waals surface area (Å²) < 4.78 is 13.9. The summed E-state index contributed by atoms with van der Waals surface area (Å²) in [5, 5.41) is 3.15. The summed E-state index contributed by atoms with van der Waals surface area (Å²) in [4.78, 5) is 17.5. The fourth-order valence-electron chi connectivity index (χ4n) is 3.12. The fourth-order valence-corrected chi connectivity index (χ4v) is 3.84. The molecule has 1 saturated heterocycles. The maximum atomic E-state index is 13.3. The molecule has 2 aromatic rings. The molecule has 6 heteroatoms. The van der Waals surface area contributed by atoms with Crippen molar-refractivity contribution >= 4 is 28.5 Å². The number of likely N-dealkylation sites (N-methyl/N-ethyl adjacent to an activating group) is 1. The summed E-state index contributed by atoms with van der Waals surface area (Å²) in [5.74, 6) is -0.500. The van der Waals surface area contributed by atoms with E-state index in [1.807, 2.05) is 52.9 Å². The molecule has 0 bridgehead atoms. The molecule has 0 radical (unpaired) electrons. The molecule has 3 rings (SSSR count). The van der Waals surface area contributed by atoms with Gasteiger partial charge in [0, 0.05) is 36.3 Å². The van der Waals surface area contributed by atoms with Crippen molar-refractivity contribution < 1.29 is 9.18 Å². The van der Waals surface area contributed by atoms with E-state index in [1.54, 1.807) is 6.07 Å². The molecule has 0 aromatic heterocycles. The van der Waals surface area contributed by atoms with E-state index in [1.165, 1.54) is 12.1 Å². The van der Waals surface area contributed by atoms with Crippen LogP contribution in [0, 0.1) is 9.39 Å². The van der Waals surface area contributed by atoms with Gasteiger partial charge in [0.1, 0.15) is 5.82 Å². The molecule has 4 nitrogen and oxygen atoms in total. The Morgan fingerprint density at radius 1 is 1.15 bits per heavy atom. The number of piperazine rings is 1. The minimum absolute atomic E-state index is 0.104. The predicted octanol–water partition coefficient (Wildman–Crippen LogP) is 3.15. The van der Waals surface area contributed by atoms with Gasteiger partial charge in [-0.1, -0.05) is 30.3 Å². The summed E-state index contributed by atoms with van der Waals surface area (Å²) in [7, 11) is 2.13. The lowest BCUT2D eigenvalue weighted by atomic mass is 10.0. The minimum Gasteiger partial charge on any atom is -0.344 e. The number of hydrogen-bond acceptors (Lipinski definition) is 3. The second-order valence-corrected chi connectivity index (χ2v) is 7.83. The molecule has 1 atom stereocenters.